The molecule has 4 rings (SSSR count). The Morgan fingerprint density at radius 3 is 2.82 bits per heavy atom. The number of thioether (sulfide) groups is 1. The second-order valence-electron chi connectivity index (χ2n) is 6.64. The van der Waals surface area contributed by atoms with E-state index in [9.17, 15) is 0 Å². The van der Waals surface area contributed by atoms with E-state index in [2.05, 4.69) is 39.5 Å². The van der Waals surface area contributed by atoms with Gasteiger partial charge in [-0.2, -0.15) is 0 Å². The number of aryl methyl sites for hydroxylation is 2. The smallest absolute Gasteiger partial charge is 0.155 e. The Morgan fingerprint density at radius 2 is 2.07 bits per heavy atom. The standard InChI is InChI=1S/C21H20N4OS2/c1-4-5-14-6-15(10-23-9-14)16-7-18(27-11-16)17-8-19(28-21(22)24-17)20-12(2)25-26-13(20)3/h6-7,9-11,17,19H,8H2,1-3H3,(H2,22,24). The molecular formula is C21H20N4OS2. The Bertz CT molecular complexity index is 1080. The Labute approximate surface area is 172 Å². The van der Waals surface area contributed by atoms with Crippen LogP contribution in [0.25, 0.3) is 11.1 Å². The minimum absolute atomic E-state index is 0.0327. The van der Waals surface area contributed by atoms with E-state index in [1.54, 1.807) is 29.3 Å². The van der Waals surface area contributed by atoms with E-state index in [4.69, 9.17) is 15.2 Å². The predicted molar refractivity (Wildman–Crippen MR) is 115 cm³/mol. The molecule has 28 heavy (non-hydrogen) atoms. The van der Waals surface area contributed by atoms with Crippen molar-refractivity contribution >= 4 is 28.3 Å². The van der Waals surface area contributed by atoms with Crippen molar-refractivity contribution in [1.82, 2.24) is 10.1 Å². The lowest BCUT2D eigenvalue weighted by atomic mass is 10.0. The van der Waals surface area contributed by atoms with Crippen LogP contribution in [0.4, 0.5) is 0 Å². The third-order valence-corrected chi connectivity index (χ3v) is 6.78. The fourth-order valence-corrected chi connectivity index (χ4v) is 5.61. The summed E-state index contributed by atoms with van der Waals surface area (Å²) in [5.74, 6) is 6.83. The van der Waals surface area contributed by atoms with E-state index >= 15 is 0 Å². The van der Waals surface area contributed by atoms with Crippen LogP contribution in [0.3, 0.4) is 0 Å². The lowest BCUT2D eigenvalue weighted by Gasteiger charge is -2.25. The van der Waals surface area contributed by atoms with Crippen LogP contribution in [0.1, 0.15) is 52.1 Å². The first-order valence-corrected chi connectivity index (χ1v) is 10.7. The molecule has 0 radical (unpaired) electrons. The van der Waals surface area contributed by atoms with Crippen molar-refractivity contribution < 1.29 is 4.52 Å². The molecule has 0 amide bonds. The van der Waals surface area contributed by atoms with Gasteiger partial charge in [0.25, 0.3) is 0 Å². The lowest BCUT2D eigenvalue weighted by molar-refractivity contribution is 0.392. The van der Waals surface area contributed by atoms with Gasteiger partial charge in [-0.05, 0) is 50.3 Å². The monoisotopic (exact) mass is 408 g/mol. The minimum Gasteiger partial charge on any atom is -0.379 e. The third kappa shape index (κ3) is 3.71. The molecule has 0 bridgehead atoms. The number of thiophene rings is 1. The summed E-state index contributed by atoms with van der Waals surface area (Å²) in [4.78, 5) is 10.2. The quantitative estimate of drug-likeness (QED) is 0.616. The van der Waals surface area contributed by atoms with Gasteiger partial charge in [0.1, 0.15) is 5.76 Å². The van der Waals surface area contributed by atoms with Crippen LogP contribution in [0.2, 0.25) is 0 Å². The Balaban J connectivity index is 1.62. The molecule has 2 atom stereocenters. The van der Waals surface area contributed by atoms with E-state index in [0.717, 1.165) is 40.1 Å². The first kappa shape index (κ1) is 18.8. The number of hydrogen-bond acceptors (Lipinski definition) is 7. The van der Waals surface area contributed by atoms with E-state index in [1.165, 1.54) is 4.88 Å². The van der Waals surface area contributed by atoms with Gasteiger partial charge >= 0.3 is 0 Å². The number of aliphatic imine (C=N–C) groups is 1. The average molecular weight is 409 g/mol. The maximum Gasteiger partial charge on any atom is 0.155 e. The van der Waals surface area contributed by atoms with Gasteiger partial charge < -0.3 is 10.3 Å². The van der Waals surface area contributed by atoms with E-state index < -0.39 is 0 Å². The number of rotatable bonds is 3. The van der Waals surface area contributed by atoms with Gasteiger partial charge in [-0.25, -0.2) is 0 Å². The van der Waals surface area contributed by atoms with Gasteiger partial charge in [-0.3, -0.25) is 9.98 Å². The highest BCUT2D eigenvalue weighted by molar-refractivity contribution is 8.14. The molecule has 2 N–H and O–H groups in total. The fourth-order valence-electron chi connectivity index (χ4n) is 3.43. The molecule has 3 aromatic heterocycles. The van der Waals surface area contributed by atoms with Crippen molar-refractivity contribution in [2.24, 2.45) is 10.7 Å². The second kappa shape index (κ2) is 7.82. The summed E-state index contributed by atoms with van der Waals surface area (Å²) in [6.07, 6.45) is 4.52. The van der Waals surface area contributed by atoms with E-state index in [-0.39, 0.29) is 11.3 Å². The summed E-state index contributed by atoms with van der Waals surface area (Å²) in [5, 5.41) is 7.05. The fraction of sp³-hybridized carbons (Fsp3) is 0.286. The van der Waals surface area contributed by atoms with Crippen molar-refractivity contribution in [2.45, 2.75) is 38.5 Å². The van der Waals surface area contributed by atoms with Gasteiger partial charge in [0.2, 0.25) is 0 Å². The second-order valence-corrected chi connectivity index (χ2v) is 8.80. The topological polar surface area (TPSA) is 77.3 Å². The van der Waals surface area contributed by atoms with Crippen LogP contribution in [-0.4, -0.2) is 15.3 Å². The number of hydrogen-bond donors (Lipinski definition) is 1. The Hall–Kier alpha value is -2.56. The summed E-state index contributed by atoms with van der Waals surface area (Å²) in [7, 11) is 0. The normalized spacial score (nSPS) is 19.0. The first-order chi connectivity index (χ1) is 13.5. The van der Waals surface area contributed by atoms with Crippen molar-refractivity contribution in [3.8, 4) is 23.0 Å². The molecule has 0 saturated heterocycles. The van der Waals surface area contributed by atoms with Crippen LogP contribution in [0.5, 0.6) is 0 Å². The predicted octanol–water partition coefficient (Wildman–Crippen LogP) is 5.02. The molecule has 3 aromatic rings. The number of nitrogens with two attached hydrogens (primary N) is 1. The van der Waals surface area contributed by atoms with Crippen molar-refractivity contribution in [2.75, 3.05) is 0 Å². The summed E-state index contributed by atoms with van der Waals surface area (Å²) < 4.78 is 5.36. The molecule has 2 unspecified atom stereocenters. The largest absolute Gasteiger partial charge is 0.379 e. The highest BCUT2D eigenvalue weighted by atomic mass is 32.2. The summed E-state index contributed by atoms with van der Waals surface area (Å²) >= 11 is 3.29. The van der Waals surface area contributed by atoms with Gasteiger partial charge in [0, 0.05) is 39.2 Å². The number of aromatic nitrogens is 2. The van der Waals surface area contributed by atoms with Gasteiger partial charge in [0.05, 0.1) is 11.7 Å². The lowest BCUT2D eigenvalue weighted by Crippen LogP contribution is -2.18. The first-order valence-electron chi connectivity index (χ1n) is 8.94. The Kier molecular flexibility index (Phi) is 5.25. The van der Waals surface area contributed by atoms with Crippen LogP contribution in [-0.2, 0) is 0 Å². The zero-order valence-electron chi connectivity index (χ0n) is 15.9. The van der Waals surface area contributed by atoms with Gasteiger partial charge in [0.15, 0.2) is 5.17 Å². The molecule has 1 aliphatic rings. The molecule has 0 saturated carbocycles. The van der Waals surface area contributed by atoms with Crippen LogP contribution >= 0.6 is 23.1 Å². The highest BCUT2D eigenvalue weighted by Gasteiger charge is 2.30. The number of nitrogens with zero attached hydrogens (tertiary/aromatic N) is 3. The van der Waals surface area contributed by atoms with Crippen LogP contribution in [0.15, 0.2) is 39.4 Å². The molecule has 1 aliphatic heterocycles. The van der Waals surface area contributed by atoms with Crippen molar-refractivity contribution in [3.63, 3.8) is 0 Å². The summed E-state index contributed by atoms with van der Waals surface area (Å²) in [6.45, 7) is 5.76. The average Bonchev–Trinajstić information content (AvgIpc) is 3.29. The Morgan fingerprint density at radius 1 is 1.21 bits per heavy atom. The van der Waals surface area contributed by atoms with E-state index in [1.807, 2.05) is 27.0 Å². The molecule has 0 spiro atoms. The molecule has 0 aromatic carbocycles. The molecule has 0 aliphatic carbocycles. The summed E-state index contributed by atoms with van der Waals surface area (Å²) in [5.41, 5.74) is 11.4. The van der Waals surface area contributed by atoms with Crippen molar-refractivity contribution in [1.29, 1.82) is 0 Å². The third-order valence-electron chi connectivity index (χ3n) is 4.68. The maximum absolute atomic E-state index is 6.17. The van der Waals surface area contributed by atoms with Crippen molar-refractivity contribution in [3.05, 3.63) is 57.4 Å². The molecule has 0 fully saturated rings. The van der Waals surface area contributed by atoms with E-state index in [0.29, 0.717) is 5.17 Å². The SMILES string of the molecule is CC#Cc1cncc(-c2csc(C3CC(c4c(C)noc4C)SC(N)=N3)c2)c1. The molecular weight excluding hydrogens is 388 g/mol. The molecule has 4 heterocycles. The molecule has 142 valence electrons. The molecule has 7 heteroatoms. The zero-order chi connectivity index (χ0) is 19.7. The minimum atomic E-state index is 0.0327. The van der Waals surface area contributed by atoms with Gasteiger partial charge in [-0.1, -0.05) is 22.8 Å². The number of pyridine rings is 1. The summed E-state index contributed by atoms with van der Waals surface area (Å²) in [6, 6.07) is 4.29. The zero-order valence-corrected chi connectivity index (χ0v) is 17.5. The maximum atomic E-state index is 6.17. The van der Waals surface area contributed by atoms with Crippen LogP contribution < -0.4 is 5.73 Å². The number of amidine groups is 1. The van der Waals surface area contributed by atoms with Gasteiger partial charge in [-0.15, -0.1) is 17.3 Å². The highest BCUT2D eigenvalue weighted by Crippen LogP contribution is 2.46. The van der Waals surface area contributed by atoms with Crippen LogP contribution in [0, 0.1) is 25.7 Å². The molecule has 5 nitrogen and oxygen atoms in total.